The van der Waals surface area contributed by atoms with E-state index in [9.17, 15) is 36.6 Å². The number of benzene rings is 2. The van der Waals surface area contributed by atoms with E-state index in [0.29, 0.717) is 20.9 Å². The molecule has 1 aliphatic heterocycles. The zero-order chi connectivity index (χ0) is 29.7. The summed E-state index contributed by atoms with van der Waals surface area (Å²) in [6, 6.07) is 9.80. The van der Waals surface area contributed by atoms with Crippen molar-refractivity contribution in [1.29, 1.82) is 0 Å². The van der Waals surface area contributed by atoms with Crippen LogP contribution in [0.3, 0.4) is 0 Å². The molecule has 3 atom stereocenters. The quantitative estimate of drug-likeness (QED) is 0.302. The van der Waals surface area contributed by atoms with Crippen molar-refractivity contribution < 1.29 is 41.4 Å². The minimum atomic E-state index is -4.97. The second kappa shape index (κ2) is 10.7. The summed E-state index contributed by atoms with van der Waals surface area (Å²) in [5.74, 6) is -6.37. The summed E-state index contributed by atoms with van der Waals surface area (Å²) >= 11 is 3.39. The summed E-state index contributed by atoms with van der Waals surface area (Å²) in [6.07, 6.45) is -4.60. The fraction of sp³-hybridized carbons (Fsp3) is 0.393. The lowest BCUT2D eigenvalue weighted by molar-refractivity contribution is -0.275. The molecule has 1 amide bonds. The predicted molar refractivity (Wildman–Crippen MR) is 143 cm³/mol. The Morgan fingerprint density at radius 3 is 2.51 bits per heavy atom. The van der Waals surface area contributed by atoms with Crippen molar-refractivity contribution in [3.8, 4) is 5.75 Å². The van der Waals surface area contributed by atoms with Crippen LogP contribution < -0.4 is 15.0 Å². The normalized spacial score (nSPS) is 22.2. The molecule has 2 aliphatic rings. The van der Waals surface area contributed by atoms with Gasteiger partial charge in [0.2, 0.25) is 0 Å². The van der Waals surface area contributed by atoms with E-state index in [-0.39, 0.29) is 36.2 Å². The summed E-state index contributed by atoms with van der Waals surface area (Å²) in [5.41, 5.74) is 1.11. The van der Waals surface area contributed by atoms with Crippen molar-refractivity contribution in [1.82, 2.24) is 10.3 Å². The molecule has 1 saturated heterocycles. The lowest BCUT2D eigenvalue weighted by Crippen LogP contribution is -2.57. The highest BCUT2D eigenvalue weighted by Crippen LogP contribution is 2.42. The number of pyridine rings is 1. The smallest absolute Gasteiger partial charge is 0.481 e. The van der Waals surface area contributed by atoms with Crippen LogP contribution >= 0.6 is 15.9 Å². The number of aliphatic carboxylic acids is 1. The summed E-state index contributed by atoms with van der Waals surface area (Å²) in [5, 5.41) is 13.1. The number of carboxylic acid groups (broad SMARTS) is 1. The van der Waals surface area contributed by atoms with Gasteiger partial charge in [0.05, 0.1) is 30.1 Å². The molecule has 2 heterocycles. The van der Waals surface area contributed by atoms with E-state index in [1.807, 2.05) is 0 Å². The van der Waals surface area contributed by atoms with Crippen LogP contribution in [-0.4, -0.2) is 53.4 Å². The second-order valence-electron chi connectivity index (χ2n) is 10.4. The standard InChI is InChI=1S/C28H25BrF5N3O4/c1-14-23(19-11-16(29)7-9-21(19)35-24(14)37-12-27(30,31)13-37)25(38)36-20-8-6-15(26(39)40)10-18(20)17-4-2-3-5-22(17)41-28(32,33)34/h2-5,7,9,11,15,18,20H,6,8,10,12-13H2,1H3,(H,36,38)(H,39,40). The molecule has 7 nitrogen and oxygen atoms in total. The van der Waals surface area contributed by atoms with Gasteiger partial charge in [0.25, 0.3) is 11.8 Å². The highest BCUT2D eigenvalue weighted by Gasteiger charge is 2.45. The molecule has 2 N–H and O–H groups in total. The van der Waals surface area contributed by atoms with Crippen LogP contribution in [0.25, 0.3) is 10.9 Å². The molecule has 0 bridgehead atoms. The van der Waals surface area contributed by atoms with Crippen molar-refractivity contribution in [3.05, 3.63) is 63.6 Å². The van der Waals surface area contributed by atoms with Crippen molar-refractivity contribution in [2.24, 2.45) is 5.92 Å². The molecule has 1 aliphatic carbocycles. The molecule has 0 spiro atoms. The Labute approximate surface area is 239 Å². The lowest BCUT2D eigenvalue weighted by Gasteiger charge is -2.40. The van der Waals surface area contributed by atoms with Crippen LogP contribution in [0.1, 0.15) is 46.7 Å². The zero-order valence-corrected chi connectivity index (χ0v) is 23.2. The number of carboxylic acids is 1. The van der Waals surface area contributed by atoms with Crippen LogP contribution in [0.2, 0.25) is 0 Å². The predicted octanol–water partition coefficient (Wildman–Crippen LogP) is 6.43. The number of aromatic nitrogens is 1. The molecule has 5 rings (SSSR count). The number of nitrogens with one attached hydrogen (secondary N) is 1. The van der Waals surface area contributed by atoms with Gasteiger partial charge >= 0.3 is 12.3 Å². The SMILES string of the molecule is Cc1c(N2CC(F)(F)C2)nc2ccc(Br)cc2c1C(=O)NC1CCC(C(=O)O)CC1c1ccccc1OC(F)(F)F. The third-order valence-corrected chi connectivity index (χ3v) is 8.09. The first-order valence-corrected chi connectivity index (χ1v) is 13.6. The average Bonchev–Trinajstić information content (AvgIpc) is 2.86. The zero-order valence-electron chi connectivity index (χ0n) is 21.6. The van der Waals surface area contributed by atoms with E-state index in [0.717, 1.165) is 6.07 Å². The van der Waals surface area contributed by atoms with Crippen LogP contribution in [0, 0.1) is 12.8 Å². The number of hydrogen-bond donors (Lipinski definition) is 2. The average molecular weight is 642 g/mol. The Kier molecular flexibility index (Phi) is 7.60. The number of anilines is 1. The maximum Gasteiger partial charge on any atom is 0.573 e. The Balaban J connectivity index is 1.53. The largest absolute Gasteiger partial charge is 0.573 e. The monoisotopic (exact) mass is 641 g/mol. The number of amides is 1. The first kappa shape index (κ1) is 29.0. The molecule has 3 aromatic rings. The molecule has 218 valence electrons. The fourth-order valence-corrected chi connectivity index (χ4v) is 6.10. The van der Waals surface area contributed by atoms with Gasteiger partial charge in [-0.15, -0.1) is 13.2 Å². The highest BCUT2D eigenvalue weighted by molar-refractivity contribution is 9.10. The van der Waals surface area contributed by atoms with E-state index in [2.05, 4.69) is 31.0 Å². The number of alkyl halides is 5. The molecule has 3 unspecified atom stereocenters. The van der Waals surface area contributed by atoms with Crippen molar-refractivity contribution >= 4 is 44.5 Å². The van der Waals surface area contributed by atoms with E-state index >= 15 is 0 Å². The van der Waals surface area contributed by atoms with E-state index < -0.39 is 60.9 Å². The van der Waals surface area contributed by atoms with Gasteiger partial charge in [-0.2, -0.15) is 0 Å². The Hall–Kier alpha value is -3.48. The van der Waals surface area contributed by atoms with Gasteiger partial charge in [-0.05, 0) is 56.0 Å². The number of carbonyl (C=O) groups excluding carboxylic acids is 1. The number of nitrogens with zero attached hydrogens (tertiary/aromatic N) is 2. The summed E-state index contributed by atoms with van der Waals surface area (Å²) in [4.78, 5) is 31.7. The molecular formula is C28H25BrF5N3O4. The molecule has 1 saturated carbocycles. The van der Waals surface area contributed by atoms with Gasteiger partial charge in [-0.25, -0.2) is 13.8 Å². The van der Waals surface area contributed by atoms with E-state index in [1.165, 1.54) is 23.1 Å². The number of rotatable bonds is 6. The first-order chi connectivity index (χ1) is 19.2. The van der Waals surface area contributed by atoms with Gasteiger partial charge < -0.3 is 20.1 Å². The topological polar surface area (TPSA) is 91.8 Å². The maximum atomic E-state index is 13.9. The summed E-state index contributed by atoms with van der Waals surface area (Å²) < 4.78 is 71.8. The number of carbonyl (C=O) groups is 2. The van der Waals surface area contributed by atoms with Gasteiger partial charge in [0.15, 0.2) is 0 Å². The van der Waals surface area contributed by atoms with Crippen LogP contribution in [0.15, 0.2) is 46.9 Å². The van der Waals surface area contributed by atoms with Gasteiger partial charge in [0.1, 0.15) is 11.6 Å². The van der Waals surface area contributed by atoms with Crippen LogP contribution in [0.5, 0.6) is 5.75 Å². The number of hydrogen-bond acceptors (Lipinski definition) is 5. The third-order valence-electron chi connectivity index (χ3n) is 7.60. The van der Waals surface area contributed by atoms with Gasteiger partial charge in [-0.1, -0.05) is 34.1 Å². The third kappa shape index (κ3) is 6.09. The molecule has 41 heavy (non-hydrogen) atoms. The number of ether oxygens (including phenoxy) is 1. The highest BCUT2D eigenvalue weighted by atomic mass is 79.9. The fourth-order valence-electron chi connectivity index (χ4n) is 5.74. The van der Waals surface area contributed by atoms with Crippen molar-refractivity contribution in [3.63, 3.8) is 0 Å². The number of para-hydroxylation sites is 1. The second-order valence-corrected chi connectivity index (χ2v) is 11.3. The molecule has 0 radical (unpaired) electrons. The maximum absolute atomic E-state index is 13.9. The van der Waals surface area contributed by atoms with E-state index in [1.54, 1.807) is 25.1 Å². The van der Waals surface area contributed by atoms with Crippen LogP contribution in [-0.2, 0) is 4.79 Å². The van der Waals surface area contributed by atoms with E-state index in [4.69, 9.17) is 0 Å². The van der Waals surface area contributed by atoms with Gasteiger partial charge in [0, 0.05) is 27.4 Å². The molecule has 13 heteroatoms. The van der Waals surface area contributed by atoms with Crippen molar-refractivity contribution in [2.45, 2.75) is 50.4 Å². The Morgan fingerprint density at radius 2 is 1.85 bits per heavy atom. The molecule has 2 fully saturated rings. The number of halogens is 6. The lowest BCUT2D eigenvalue weighted by atomic mass is 9.74. The van der Waals surface area contributed by atoms with Crippen LogP contribution in [0.4, 0.5) is 27.8 Å². The molecule has 2 aromatic carbocycles. The first-order valence-electron chi connectivity index (χ1n) is 12.8. The van der Waals surface area contributed by atoms with Crippen molar-refractivity contribution in [2.75, 3.05) is 18.0 Å². The van der Waals surface area contributed by atoms with Gasteiger partial charge in [-0.3, -0.25) is 9.59 Å². The Bertz CT molecular complexity index is 1510. The number of fused-ring (bicyclic) bond motifs is 1. The minimum absolute atomic E-state index is 0.0196. The minimum Gasteiger partial charge on any atom is -0.481 e. The molecule has 1 aromatic heterocycles. The summed E-state index contributed by atoms with van der Waals surface area (Å²) in [7, 11) is 0. The summed E-state index contributed by atoms with van der Waals surface area (Å²) in [6.45, 7) is 0.530. The molecular weight excluding hydrogens is 617 g/mol. The Morgan fingerprint density at radius 1 is 1.15 bits per heavy atom.